The molecule has 0 bridgehead atoms. The summed E-state index contributed by atoms with van der Waals surface area (Å²) in [4.78, 5) is 5.32. The third-order valence-electron chi connectivity index (χ3n) is 1.46. The molecule has 1 aromatic heterocycles. The standard InChI is InChI=1S/C8H10N2S/c1-6(2)8-7(3-4-9)11-5-10-8/h5-6H,3H2,1-2H3. The van der Waals surface area contributed by atoms with Gasteiger partial charge in [-0.15, -0.1) is 11.3 Å². The van der Waals surface area contributed by atoms with Crippen LogP contribution in [-0.2, 0) is 6.42 Å². The largest absolute Gasteiger partial charge is 0.249 e. The monoisotopic (exact) mass is 166 g/mol. The molecule has 0 saturated heterocycles. The SMILES string of the molecule is CC(C)c1ncsc1CC#N. The Morgan fingerprint density at radius 2 is 2.45 bits per heavy atom. The third-order valence-corrected chi connectivity index (χ3v) is 2.31. The summed E-state index contributed by atoms with van der Waals surface area (Å²) >= 11 is 1.57. The maximum Gasteiger partial charge on any atom is 0.0798 e. The molecule has 0 fully saturated rings. The maximum absolute atomic E-state index is 8.47. The first-order chi connectivity index (χ1) is 5.25. The van der Waals surface area contributed by atoms with E-state index in [-0.39, 0.29) is 0 Å². The normalized spacial score (nSPS) is 10.0. The summed E-state index contributed by atoms with van der Waals surface area (Å²) in [7, 11) is 0. The first-order valence-electron chi connectivity index (χ1n) is 3.55. The number of rotatable bonds is 2. The van der Waals surface area contributed by atoms with Crippen LogP contribution in [0, 0.1) is 11.3 Å². The average Bonchev–Trinajstić information content (AvgIpc) is 2.36. The van der Waals surface area contributed by atoms with Crippen LogP contribution in [0.25, 0.3) is 0 Å². The van der Waals surface area contributed by atoms with Crippen LogP contribution in [0.1, 0.15) is 30.3 Å². The molecule has 3 heteroatoms. The van der Waals surface area contributed by atoms with Gasteiger partial charge in [-0.25, -0.2) is 4.98 Å². The highest BCUT2D eigenvalue weighted by Gasteiger charge is 2.08. The van der Waals surface area contributed by atoms with Gasteiger partial charge in [0.1, 0.15) is 0 Å². The molecule has 0 saturated carbocycles. The highest BCUT2D eigenvalue weighted by molar-refractivity contribution is 7.09. The zero-order chi connectivity index (χ0) is 8.27. The van der Waals surface area contributed by atoms with Crippen molar-refractivity contribution in [2.45, 2.75) is 26.2 Å². The molecule has 0 aliphatic rings. The van der Waals surface area contributed by atoms with Crippen LogP contribution in [0.4, 0.5) is 0 Å². The lowest BCUT2D eigenvalue weighted by Gasteiger charge is -2.00. The fourth-order valence-corrected chi connectivity index (χ4v) is 1.80. The molecule has 0 unspecified atom stereocenters. The van der Waals surface area contributed by atoms with Gasteiger partial charge in [0.05, 0.1) is 23.7 Å². The third kappa shape index (κ3) is 1.78. The molecule has 0 atom stereocenters. The van der Waals surface area contributed by atoms with Crippen molar-refractivity contribution >= 4 is 11.3 Å². The molecule has 0 aromatic carbocycles. The number of thiazole rings is 1. The smallest absolute Gasteiger partial charge is 0.0798 e. The summed E-state index contributed by atoms with van der Waals surface area (Å²) in [6.07, 6.45) is 0.498. The van der Waals surface area contributed by atoms with Crippen LogP contribution in [0.3, 0.4) is 0 Å². The van der Waals surface area contributed by atoms with Crippen molar-refractivity contribution < 1.29 is 0 Å². The number of aromatic nitrogens is 1. The minimum Gasteiger partial charge on any atom is -0.249 e. The van der Waals surface area contributed by atoms with E-state index < -0.39 is 0 Å². The van der Waals surface area contributed by atoms with Gasteiger partial charge in [-0.3, -0.25) is 0 Å². The van der Waals surface area contributed by atoms with Crippen LogP contribution >= 0.6 is 11.3 Å². The fourth-order valence-electron chi connectivity index (χ4n) is 0.954. The zero-order valence-electron chi connectivity index (χ0n) is 6.66. The van der Waals surface area contributed by atoms with Crippen LogP contribution < -0.4 is 0 Å². The predicted molar refractivity (Wildman–Crippen MR) is 45.5 cm³/mol. The molecule has 1 aromatic rings. The van der Waals surface area contributed by atoms with Gasteiger partial charge in [0, 0.05) is 4.88 Å². The lowest BCUT2D eigenvalue weighted by molar-refractivity contribution is 0.821. The van der Waals surface area contributed by atoms with Crippen molar-refractivity contribution in [2.75, 3.05) is 0 Å². The van der Waals surface area contributed by atoms with E-state index in [1.165, 1.54) is 0 Å². The summed E-state index contributed by atoms with van der Waals surface area (Å²) in [5.74, 6) is 0.435. The Bertz CT molecular complexity index is 270. The summed E-state index contributed by atoms with van der Waals surface area (Å²) in [6.45, 7) is 4.19. The molecule has 0 aliphatic carbocycles. The van der Waals surface area contributed by atoms with E-state index in [4.69, 9.17) is 5.26 Å². The van der Waals surface area contributed by atoms with Crippen LogP contribution in [0.15, 0.2) is 5.51 Å². The number of hydrogen-bond acceptors (Lipinski definition) is 3. The Hall–Kier alpha value is -0.880. The van der Waals surface area contributed by atoms with Gasteiger partial charge in [0.25, 0.3) is 0 Å². The molecule has 0 amide bonds. The molecule has 0 aliphatic heterocycles. The van der Waals surface area contributed by atoms with E-state index in [0.717, 1.165) is 10.6 Å². The summed E-state index contributed by atoms with van der Waals surface area (Å²) in [5, 5.41) is 8.47. The van der Waals surface area contributed by atoms with Crippen molar-refractivity contribution in [1.29, 1.82) is 5.26 Å². The van der Waals surface area contributed by atoms with E-state index in [0.29, 0.717) is 12.3 Å². The Morgan fingerprint density at radius 1 is 1.73 bits per heavy atom. The molecular formula is C8H10N2S. The van der Waals surface area contributed by atoms with Crippen LogP contribution in [-0.4, -0.2) is 4.98 Å². The molecule has 0 N–H and O–H groups in total. The van der Waals surface area contributed by atoms with Gasteiger partial charge in [-0.1, -0.05) is 13.8 Å². The molecule has 58 valence electrons. The van der Waals surface area contributed by atoms with Gasteiger partial charge >= 0.3 is 0 Å². The van der Waals surface area contributed by atoms with Crippen LogP contribution in [0.5, 0.6) is 0 Å². The highest BCUT2D eigenvalue weighted by atomic mass is 32.1. The Morgan fingerprint density at radius 3 is 3.00 bits per heavy atom. The van der Waals surface area contributed by atoms with Crippen molar-refractivity contribution in [3.05, 3.63) is 16.1 Å². The fraction of sp³-hybridized carbons (Fsp3) is 0.500. The predicted octanol–water partition coefficient (Wildman–Crippen LogP) is 2.33. The van der Waals surface area contributed by atoms with E-state index in [2.05, 4.69) is 24.9 Å². The first-order valence-corrected chi connectivity index (χ1v) is 4.43. The second kappa shape index (κ2) is 3.49. The maximum atomic E-state index is 8.47. The number of nitriles is 1. The number of nitrogens with zero attached hydrogens (tertiary/aromatic N) is 2. The van der Waals surface area contributed by atoms with Gasteiger partial charge in [-0.05, 0) is 5.92 Å². The van der Waals surface area contributed by atoms with Gasteiger partial charge < -0.3 is 0 Å². The molecule has 0 radical (unpaired) electrons. The van der Waals surface area contributed by atoms with E-state index >= 15 is 0 Å². The molecular weight excluding hydrogens is 156 g/mol. The van der Waals surface area contributed by atoms with E-state index in [1.54, 1.807) is 11.3 Å². The summed E-state index contributed by atoms with van der Waals surface area (Å²) < 4.78 is 0. The van der Waals surface area contributed by atoms with Gasteiger partial charge in [-0.2, -0.15) is 5.26 Å². The second-order valence-corrected chi connectivity index (χ2v) is 3.59. The summed E-state index contributed by atoms with van der Waals surface area (Å²) in [5.41, 5.74) is 2.89. The Kier molecular flexibility index (Phi) is 2.61. The zero-order valence-corrected chi connectivity index (χ0v) is 7.48. The lowest BCUT2D eigenvalue weighted by Crippen LogP contribution is -1.91. The van der Waals surface area contributed by atoms with Crippen molar-refractivity contribution in [3.8, 4) is 6.07 Å². The second-order valence-electron chi connectivity index (χ2n) is 2.65. The minimum absolute atomic E-state index is 0.435. The molecule has 2 nitrogen and oxygen atoms in total. The van der Waals surface area contributed by atoms with Gasteiger partial charge in [0.15, 0.2) is 0 Å². The first kappa shape index (κ1) is 8.22. The highest BCUT2D eigenvalue weighted by Crippen LogP contribution is 2.21. The molecule has 1 heterocycles. The van der Waals surface area contributed by atoms with E-state index in [9.17, 15) is 0 Å². The molecule has 0 spiro atoms. The van der Waals surface area contributed by atoms with E-state index in [1.807, 2.05) is 5.51 Å². The quantitative estimate of drug-likeness (QED) is 0.676. The van der Waals surface area contributed by atoms with Crippen molar-refractivity contribution in [1.82, 2.24) is 4.98 Å². The lowest BCUT2D eigenvalue weighted by atomic mass is 10.1. The molecule has 1 rings (SSSR count). The molecule has 11 heavy (non-hydrogen) atoms. The van der Waals surface area contributed by atoms with Crippen molar-refractivity contribution in [3.63, 3.8) is 0 Å². The minimum atomic E-state index is 0.435. The Labute approximate surface area is 70.5 Å². The van der Waals surface area contributed by atoms with Gasteiger partial charge in [0.2, 0.25) is 0 Å². The topological polar surface area (TPSA) is 36.7 Å². The summed E-state index contributed by atoms with van der Waals surface area (Å²) in [6, 6.07) is 2.14. The van der Waals surface area contributed by atoms with Crippen molar-refractivity contribution in [2.24, 2.45) is 0 Å². The number of hydrogen-bond donors (Lipinski definition) is 0. The Balaban J connectivity index is 2.89. The van der Waals surface area contributed by atoms with Crippen LogP contribution in [0.2, 0.25) is 0 Å². The average molecular weight is 166 g/mol.